The molecule has 1 aromatic carbocycles. The van der Waals surface area contributed by atoms with E-state index in [0.717, 1.165) is 44.3 Å². The molecule has 2 saturated heterocycles. The fourth-order valence-electron chi connectivity index (χ4n) is 3.56. The van der Waals surface area contributed by atoms with Crippen LogP contribution in [0.2, 0.25) is 0 Å². The quantitative estimate of drug-likeness (QED) is 0.341. The highest BCUT2D eigenvalue weighted by Gasteiger charge is 2.27. The van der Waals surface area contributed by atoms with Crippen LogP contribution < -0.4 is 10.6 Å². The number of guanidine groups is 1. The number of aliphatic imine (C=N–C) groups is 1. The summed E-state index contributed by atoms with van der Waals surface area (Å²) in [4.78, 5) is 4.61. The number of halogens is 1. The van der Waals surface area contributed by atoms with Gasteiger partial charge in [0.05, 0.1) is 11.0 Å². The molecule has 0 bridgehead atoms. The number of rotatable bonds is 6. The average molecular weight is 522 g/mol. The summed E-state index contributed by atoms with van der Waals surface area (Å²) in [7, 11) is -1.75. The van der Waals surface area contributed by atoms with Crippen molar-refractivity contribution in [2.75, 3.05) is 33.3 Å². The van der Waals surface area contributed by atoms with Gasteiger partial charge >= 0.3 is 0 Å². The third kappa shape index (κ3) is 6.04. The lowest BCUT2D eigenvalue weighted by Gasteiger charge is -2.27. The zero-order chi connectivity index (χ0) is 19.1. The minimum atomic E-state index is -3.46. The van der Waals surface area contributed by atoms with E-state index in [0.29, 0.717) is 37.0 Å². The predicted octanol–water partition coefficient (Wildman–Crippen LogP) is 2.32. The molecule has 2 aliphatic heterocycles. The summed E-state index contributed by atoms with van der Waals surface area (Å²) in [6, 6.07) is 7.21. The molecule has 9 heteroatoms. The summed E-state index contributed by atoms with van der Waals surface area (Å²) in [5, 5.41) is 6.48. The highest BCUT2D eigenvalue weighted by molar-refractivity contribution is 14.0. The van der Waals surface area contributed by atoms with Crippen LogP contribution >= 0.6 is 24.0 Å². The molecule has 3 rings (SSSR count). The maximum Gasteiger partial charge on any atom is 0.243 e. The first kappa shape index (κ1) is 23.4. The fraction of sp³-hybridized carbons (Fsp3) is 0.632. The molecule has 28 heavy (non-hydrogen) atoms. The Kier molecular flexibility index (Phi) is 9.45. The second kappa shape index (κ2) is 11.3. The van der Waals surface area contributed by atoms with Gasteiger partial charge in [0, 0.05) is 39.8 Å². The summed E-state index contributed by atoms with van der Waals surface area (Å²) in [6.45, 7) is 3.13. The lowest BCUT2D eigenvalue weighted by molar-refractivity contribution is 0.114. The first-order valence-electron chi connectivity index (χ1n) is 9.75. The molecule has 0 amide bonds. The molecule has 0 aromatic heterocycles. The fourth-order valence-corrected chi connectivity index (χ4v) is 5.30. The van der Waals surface area contributed by atoms with Crippen molar-refractivity contribution in [3.63, 3.8) is 0 Å². The summed E-state index contributed by atoms with van der Waals surface area (Å²) in [5.41, 5.74) is 0.753. The molecule has 0 saturated carbocycles. The van der Waals surface area contributed by atoms with Crippen molar-refractivity contribution in [3.8, 4) is 0 Å². The van der Waals surface area contributed by atoms with Gasteiger partial charge in [-0.15, -0.1) is 24.0 Å². The minimum Gasteiger partial charge on any atom is -0.376 e. The Balaban J connectivity index is 0.00000280. The number of sulfonamides is 1. The smallest absolute Gasteiger partial charge is 0.243 e. The molecule has 2 heterocycles. The molecule has 7 nitrogen and oxygen atoms in total. The first-order valence-corrected chi connectivity index (χ1v) is 11.2. The van der Waals surface area contributed by atoms with Crippen LogP contribution in [0, 0.1) is 0 Å². The molecule has 2 N–H and O–H groups in total. The Morgan fingerprint density at radius 2 is 1.93 bits per heavy atom. The molecule has 1 atom stereocenters. The monoisotopic (exact) mass is 522 g/mol. The number of nitrogens with one attached hydrogen (secondary N) is 2. The van der Waals surface area contributed by atoms with Gasteiger partial charge < -0.3 is 15.4 Å². The van der Waals surface area contributed by atoms with E-state index in [9.17, 15) is 8.42 Å². The van der Waals surface area contributed by atoms with Crippen LogP contribution in [0.4, 0.5) is 0 Å². The van der Waals surface area contributed by atoms with Gasteiger partial charge in [-0.3, -0.25) is 4.99 Å². The van der Waals surface area contributed by atoms with E-state index in [4.69, 9.17) is 4.74 Å². The second-order valence-corrected chi connectivity index (χ2v) is 8.92. The molecule has 2 aliphatic rings. The number of piperidine rings is 1. The van der Waals surface area contributed by atoms with Gasteiger partial charge in [0.25, 0.3) is 0 Å². The molecule has 1 unspecified atom stereocenters. The van der Waals surface area contributed by atoms with Crippen molar-refractivity contribution in [1.29, 1.82) is 0 Å². The number of hydrogen-bond donors (Lipinski definition) is 2. The van der Waals surface area contributed by atoms with Gasteiger partial charge in [0.2, 0.25) is 10.0 Å². The highest BCUT2D eigenvalue weighted by Crippen LogP contribution is 2.23. The molecule has 1 aromatic rings. The summed E-state index contributed by atoms with van der Waals surface area (Å²) >= 11 is 0. The maximum absolute atomic E-state index is 13.1. The standard InChI is InChI=1S/C19H30N4O3S.HI/c1-20-19(22-15-17-9-7-13-26-17)21-14-16-8-3-4-10-18(16)27(24,25)23-11-5-2-6-12-23;/h3-4,8,10,17H,2,5-7,9,11-15H2,1H3,(H2,20,21,22);1H. The van der Waals surface area contributed by atoms with Gasteiger partial charge in [-0.05, 0) is 37.3 Å². The molecule has 0 aliphatic carbocycles. The van der Waals surface area contributed by atoms with E-state index in [1.54, 1.807) is 23.5 Å². The first-order chi connectivity index (χ1) is 13.1. The van der Waals surface area contributed by atoms with E-state index < -0.39 is 10.0 Å². The van der Waals surface area contributed by atoms with Crippen LogP contribution in [0.1, 0.15) is 37.7 Å². The Bertz CT molecular complexity index is 745. The lowest BCUT2D eigenvalue weighted by Crippen LogP contribution is -2.41. The third-order valence-electron chi connectivity index (χ3n) is 5.10. The van der Waals surface area contributed by atoms with Crippen molar-refractivity contribution >= 4 is 40.0 Å². The van der Waals surface area contributed by atoms with Crippen LogP contribution in [0.3, 0.4) is 0 Å². The van der Waals surface area contributed by atoms with Crippen LogP contribution in [0.5, 0.6) is 0 Å². The summed E-state index contributed by atoms with van der Waals surface area (Å²) in [6.07, 6.45) is 5.33. The van der Waals surface area contributed by atoms with Gasteiger partial charge in [-0.25, -0.2) is 8.42 Å². The topological polar surface area (TPSA) is 83.0 Å². The number of hydrogen-bond acceptors (Lipinski definition) is 4. The zero-order valence-electron chi connectivity index (χ0n) is 16.4. The molecule has 158 valence electrons. The van der Waals surface area contributed by atoms with Crippen LogP contribution in [0.15, 0.2) is 34.2 Å². The SMILES string of the molecule is CN=C(NCc1ccccc1S(=O)(=O)N1CCCCC1)NCC1CCCO1.I. The third-order valence-corrected chi connectivity index (χ3v) is 7.10. The number of ether oxygens (including phenoxy) is 1. The van der Waals surface area contributed by atoms with Crippen molar-refractivity contribution in [3.05, 3.63) is 29.8 Å². The Hall–Kier alpha value is -0.910. The predicted molar refractivity (Wildman–Crippen MR) is 122 cm³/mol. The van der Waals surface area contributed by atoms with Gasteiger partial charge in [-0.1, -0.05) is 24.6 Å². The Labute approximate surface area is 185 Å². The van der Waals surface area contributed by atoms with E-state index >= 15 is 0 Å². The molecular formula is C19H31IN4O3S. The highest BCUT2D eigenvalue weighted by atomic mass is 127. The summed E-state index contributed by atoms with van der Waals surface area (Å²) in [5.74, 6) is 0.649. The number of nitrogens with zero attached hydrogens (tertiary/aromatic N) is 2. The molecule has 2 fully saturated rings. The Morgan fingerprint density at radius 3 is 2.61 bits per heavy atom. The average Bonchev–Trinajstić information content (AvgIpc) is 3.22. The van der Waals surface area contributed by atoms with E-state index in [2.05, 4.69) is 15.6 Å². The van der Waals surface area contributed by atoms with E-state index in [1.165, 1.54) is 0 Å². The molecule has 0 spiro atoms. The normalized spacial score (nSPS) is 21.2. The lowest BCUT2D eigenvalue weighted by atomic mass is 10.2. The summed E-state index contributed by atoms with van der Waals surface area (Å²) < 4.78 is 33.3. The van der Waals surface area contributed by atoms with Crippen molar-refractivity contribution in [1.82, 2.24) is 14.9 Å². The van der Waals surface area contributed by atoms with Crippen LogP contribution in [-0.4, -0.2) is 58.1 Å². The van der Waals surface area contributed by atoms with Crippen molar-refractivity contribution in [2.45, 2.75) is 49.6 Å². The van der Waals surface area contributed by atoms with Crippen molar-refractivity contribution < 1.29 is 13.2 Å². The van der Waals surface area contributed by atoms with Gasteiger partial charge in [0.1, 0.15) is 0 Å². The molecule has 0 radical (unpaired) electrons. The van der Waals surface area contributed by atoms with Gasteiger partial charge in [0.15, 0.2) is 5.96 Å². The largest absolute Gasteiger partial charge is 0.376 e. The van der Waals surface area contributed by atoms with E-state index in [1.807, 2.05) is 12.1 Å². The van der Waals surface area contributed by atoms with Crippen molar-refractivity contribution in [2.24, 2.45) is 4.99 Å². The Morgan fingerprint density at radius 1 is 1.18 bits per heavy atom. The second-order valence-electron chi connectivity index (χ2n) is 7.01. The van der Waals surface area contributed by atoms with Crippen LogP contribution in [0.25, 0.3) is 0 Å². The zero-order valence-corrected chi connectivity index (χ0v) is 19.5. The minimum absolute atomic E-state index is 0. The van der Waals surface area contributed by atoms with Crippen LogP contribution in [-0.2, 0) is 21.3 Å². The maximum atomic E-state index is 13.1. The molecular weight excluding hydrogens is 491 g/mol. The number of benzene rings is 1. The van der Waals surface area contributed by atoms with E-state index in [-0.39, 0.29) is 30.1 Å². The van der Waals surface area contributed by atoms with Gasteiger partial charge in [-0.2, -0.15) is 4.31 Å².